The minimum atomic E-state index is -3.62. The van der Waals surface area contributed by atoms with Crippen molar-refractivity contribution in [1.29, 1.82) is 0 Å². The van der Waals surface area contributed by atoms with Crippen molar-refractivity contribution in [2.24, 2.45) is 0 Å². The summed E-state index contributed by atoms with van der Waals surface area (Å²) in [4.78, 5) is 25.8. The molecule has 0 radical (unpaired) electrons. The molecule has 170 valence electrons. The van der Waals surface area contributed by atoms with Crippen LogP contribution in [0.3, 0.4) is 0 Å². The Labute approximate surface area is 192 Å². The standard InChI is InChI=1S/C24H23N3O5S/c1-33(30,31)27-16-22(32-21-14-8-7-13-20(21)27)24(29)26-19-12-6-5-11-18(19)23(28)25-15-17-9-3-2-4-10-17/h2-14,22H,15-16H2,1H3,(H,25,28)(H,26,29). The van der Waals surface area contributed by atoms with Crippen LogP contribution in [0.4, 0.5) is 11.4 Å². The number of hydrogen-bond acceptors (Lipinski definition) is 5. The number of para-hydroxylation sites is 3. The van der Waals surface area contributed by atoms with Gasteiger partial charge < -0.3 is 15.4 Å². The minimum absolute atomic E-state index is 0.177. The lowest BCUT2D eigenvalue weighted by Crippen LogP contribution is -2.48. The van der Waals surface area contributed by atoms with Crippen LogP contribution in [0.5, 0.6) is 5.75 Å². The molecule has 0 saturated heterocycles. The Morgan fingerprint density at radius 3 is 2.39 bits per heavy atom. The maximum absolute atomic E-state index is 13.0. The molecular weight excluding hydrogens is 442 g/mol. The van der Waals surface area contributed by atoms with E-state index in [1.54, 1.807) is 48.5 Å². The van der Waals surface area contributed by atoms with E-state index in [9.17, 15) is 18.0 Å². The molecule has 0 saturated carbocycles. The van der Waals surface area contributed by atoms with Crippen LogP contribution in [-0.4, -0.2) is 39.1 Å². The number of rotatable bonds is 6. The smallest absolute Gasteiger partial charge is 0.267 e. The molecule has 0 fully saturated rings. The molecule has 1 unspecified atom stereocenters. The molecule has 0 bridgehead atoms. The van der Waals surface area contributed by atoms with Gasteiger partial charge in [0, 0.05) is 6.54 Å². The number of carbonyl (C=O) groups is 2. The number of anilines is 2. The number of hydrogen-bond donors (Lipinski definition) is 2. The maximum atomic E-state index is 13.0. The van der Waals surface area contributed by atoms with Crippen molar-refractivity contribution in [3.63, 3.8) is 0 Å². The van der Waals surface area contributed by atoms with Crippen LogP contribution in [0.25, 0.3) is 0 Å². The zero-order valence-electron chi connectivity index (χ0n) is 17.9. The van der Waals surface area contributed by atoms with E-state index in [4.69, 9.17) is 4.74 Å². The van der Waals surface area contributed by atoms with Crippen molar-refractivity contribution in [2.75, 3.05) is 22.4 Å². The molecule has 4 rings (SSSR count). The molecule has 0 aromatic heterocycles. The lowest BCUT2D eigenvalue weighted by atomic mass is 10.1. The molecule has 1 heterocycles. The summed E-state index contributed by atoms with van der Waals surface area (Å²) in [5, 5.41) is 5.56. The Morgan fingerprint density at radius 1 is 0.970 bits per heavy atom. The molecular formula is C24H23N3O5S. The minimum Gasteiger partial charge on any atom is -0.476 e. The Morgan fingerprint density at radius 2 is 1.64 bits per heavy atom. The molecule has 8 nitrogen and oxygen atoms in total. The van der Waals surface area contributed by atoms with Gasteiger partial charge in [-0.25, -0.2) is 8.42 Å². The molecule has 2 N–H and O–H groups in total. The van der Waals surface area contributed by atoms with Crippen molar-refractivity contribution < 1.29 is 22.7 Å². The molecule has 0 aliphatic carbocycles. The quantitative estimate of drug-likeness (QED) is 0.583. The van der Waals surface area contributed by atoms with Gasteiger partial charge in [0.05, 0.1) is 29.7 Å². The number of benzene rings is 3. The van der Waals surface area contributed by atoms with Gasteiger partial charge in [0.25, 0.3) is 11.8 Å². The average Bonchev–Trinajstić information content (AvgIpc) is 2.82. The predicted octanol–water partition coefficient (Wildman–Crippen LogP) is 2.78. The van der Waals surface area contributed by atoms with Gasteiger partial charge in [-0.1, -0.05) is 54.6 Å². The van der Waals surface area contributed by atoms with E-state index in [2.05, 4.69) is 10.6 Å². The third-order valence-electron chi connectivity index (χ3n) is 5.15. The molecule has 1 aliphatic rings. The number of ether oxygens (including phenoxy) is 1. The monoisotopic (exact) mass is 465 g/mol. The van der Waals surface area contributed by atoms with Crippen molar-refractivity contribution >= 4 is 33.2 Å². The van der Waals surface area contributed by atoms with Crippen molar-refractivity contribution in [3.05, 3.63) is 90.0 Å². The van der Waals surface area contributed by atoms with Gasteiger partial charge in [0.15, 0.2) is 6.10 Å². The van der Waals surface area contributed by atoms with Gasteiger partial charge in [0.1, 0.15) is 5.75 Å². The lowest BCUT2D eigenvalue weighted by Gasteiger charge is -2.33. The Bertz CT molecular complexity index is 1280. The predicted molar refractivity (Wildman–Crippen MR) is 126 cm³/mol. The zero-order valence-corrected chi connectivity index (χ0v) is 18.7. The van der Waals surface area contributed by atoms with Crippen molar-refractivity contribution in [2.45, 2.75) is 12.6 Å². The third kappa shape index (κ3) is 5.15. The largest absolute Gasteiger partial charge is 0.476 e. The van der Waals surface area contributed by atoms with E-state index in [1.165, 1.54) is 0 Å². The second-order valence-electron chi connectivity index (χ2n) is 7.57. The zero-order chi connectivity index (χ0) is 23.4. The Hall–Kier alpha value is -3.85. The highest BCUT2D eigenvalue weighted by molar-refractivity contribution is 7.92. The number of amides is 2. The molecule has 3 aromatic carbocycles. The van der Waals surface area contributed by atoms with Crippen LogP contribution in [0.15, 0.2) is 78.9 Å². The summed E-state index contributed by atoms with van der Waals surface area (Å²) in [5.41, 5.74) is 1.92. The first-order valence-electron chi connectivity index (χ1n) is 10.3. The fourth-order valence-corrected chi connectivity index (χ4v) is 4.44. The molecule has 1 atom stereocenters. The number of nitrogens with one attached hydrogen (secondary N) is 2. The summed E-state index contributed by atoms with van der Waals surface area (Å²) < 4.78 is 31.5. The van der Waals surface area contributed by atoms with Crippen LogP contribution in [0, 0.1) is 0 Å². The average molecular weight is 466 g/mol. The van der Waals surface area contributed by atoms with Crippen LogP contribution < -0.4 is 19.7 Å². The molecule has 9 heteroatoms. The van der Waals surface area contributed by atoms with E-state index in [0.717, 1.165) is 16.1 Å². The van der Waals surface area contributed by atoms with E-state index >= 15 is 0 Å². The number of carbonyl (C=O) groups excluding carboxylic acids is 2. The second-order valence-corrected chi connectivity index (χ2v) is 9.48. The normalized spacial score (nSPS) is 15.2. The topological polar surface area (TPSA) is 105 Å². The fourth-order valence-electron chi connectivity index (χ4n) is 3.53. The third-order valence-corrected chi connectivity index (χ3v) is 6.30. The van der Waals surface area contributed by atoms with E-state index in [1.807, 2.05) is 30.3 Å². The van der Waals surface area contributed by atoms with E-state index < -0.39 is 22.0 Å². The molecule has 1 aliphatic heterocycles. The van der Waals surface area contributed by atoms with Crippen LogP contribution >= 0.6 is 0 Å². The first kappa shape index (κ1) is 22.3. The summed E-state index contributed by atoms with van der Waals surface area (Å²) in [7, 11) is -3.62. The van der Waals surface area contributed by atoms with Crippen LogP contribution in [-0.2, 0) is 21.4 Å². The van der Waals surface area contributed by atoms with Crippen molar-refractivity contribution in [3.8, 4) is 5.75 Å². The molecule has 2 amide bonds. The van der Waals surface area contributed by atoms with Crippen LogP contribution in [0.2, 0.25) is 0 Å². The molecule has 3 aromatic rings. The highest BCUT2D eigenvalue weighted by Gasteiger charge is 2.35. The maximum Gasteiger partial charge on any atom is 0.267 e. The highest BCUT2D eigenvalue weighted by atomic mass is 32.2. The summed E-state index contributed by atoms with van der Waals surface area (Å²) in [5.74, 6) is -0.605. The first-order valence-corrected chi connectivity index (χ1v) is 12.1. The Kier molecular flexibility index (Phi) is 6.32. The van der Waals surface area contributed by atoms with Crippen molar-refractivity contribution in [1.82, 2.24) is 5.32 Å². The fraction of sp³-hybridized carbons (Fsp3) is 0.167. The van der Waals surface area contributed by atoms with Gasteiger partial charge in [-0.3, -0.25) is 13.9 Å². The summed E-state index contributed by atoms with van der Waals surface area (Å²) in [6, 6.07) is 22.7. The first-order chi connectivity index (χ1) is 15.8. The number of nitrogens with zero attached hydrogens (tertiary/aromatic N) is 1. The summed E-state index contributed by atoms with van der Waals surface area (Å²) in [6.45, 7) is 0.165. The van der Waals surface area contributed by atoms with E-state index in [0.29, 0.717) is 23.7 Å². The van der Waals surface area contributed by atoms with Gasteiger partial charge >= 0.3 is 0 Å². The lowest BCUT2D eigenvalue weighted by molar-refractivity contribution is -0.122. The summed E-state index contributed by atoms with van der Waals surface area (Å²) >= 11 is 0. The SMILES string of the molecule is CS(=O)(=O)N1CC(C(=O)Nc2ccccc2C(=O)NCc2ccccc2)Oc2ccccc21. The van der Waals surface area contributed by atoms with Gasteiger partial charge in [-0.05, 0) is 29.8 Å². The highest BCUT2D eigenvalue weighted by Crippen LogP contribution is 2.34. The van der Waals surface area contributed by atoms with Gasteiger partial charge in [0.2, 0.25) is 10.0 Å². The van der Waals surface area contributed by atoms with Crippen LogP contribution in [0.1, 0.15) is 15.9 Å². The number of sulfonamides is 1. The molecule has 33 heavy (non-hydrogen) atoms. The Balaban J connectivity index is 1.51. The summed E-state index contributed by atoms with van der Waals surface area (Å²) in [6.07, 6.45) is -0.00811. The van der Waals surface area contributed by atoms with Gasteiger partial charge in [-0.2, -0.15) is 0 Å². The number of fused-ring (bicyclic) bond motifs is 1. The second kappa shape index (κ2) is 9.33. The molecule has 0 spiro atoms. The van der Waals surface area contributed by atoms with Gasteiger partial charge in [-0.15, -0.1) is 0 Å². The van der Waals surface area contributed by atoms with E-state index in [-0.39, 0.29) is 18.0 Å².